The van der Waals surface area contributed by atoms with Crippen molar-refractivity contribution in [3.8, 4) is 0 Å². The largest absolute Gasteiger partial charge is 0.394 e. The van der Waals surface area contributed by atoms with Gasteiger partial charge in [0, 0.05) is 6.42 Å². The summed E-state index contributed by atoms with van der Waals surface area (Å²) >= 11 is 0. The van der Waals surface area contributed by atoms with Crippen LogP contribution in [0.2, 0.25) is 0 Å². The number of carbonyl (C=O) groups is 1. The molecular weight excluding hydrogens is 300 g/mol. The first kappa shape index (κ1) is 20.3. The van der Waals surface area contributed by atoms with E-state index in [-0.39, 0.29) is 12.2 Å². The van der Waals surface area contributed by atoms with Crippen LogP contribution in [-0.4, -0.2) is 63.3 Å². The van der Waals surface area contributed by atoms with Crippen molar-refractivity contribution in [1.29, 1.82) is 0 Å². The van der Waals surface area contributed by atoms with Gasteiger partial charge in [-0.25, -0.2) is 0 Å². The highest BCUT2D eigenvalue weighted by Crippen LogP contribution is 2.23. The molecule has 4 N–H and O–H groups in total. The van der Waals surface area contributed by atoms with Crippen LogP contribution in [0.3, 0.4) is 0 Å². The van der Waals surface area contributed by atoms with Gasteiger partial charge in [-0.3, -0.25) is 4.79 Å². The highest BCUT2D eigenvalue weighted by molar-refractivity contribution is 5.90. The lowest BCUT2D eigenvalue weighted by molar-refractivity contribution is -0.229. The third-order valence-corrected chi connectivity index (χ3v) is 4.17. The van der Waals surface area contributed by atoms with Gasteiger partial charge in [0.2, 0.25) is 0 Å². The van der Waals surface area contributed by atoms with E-state index in [9.17, 15) is 20.1 Å². The first-order valence-electron chi connectivity index (χ1n) is 8.51. The molecule has 2 unspecified atom stereocenters. The van der Waals surface area contributed by atoms with Crippen LogP contribution < -0.4 is 0 Å². The van der Waals surface area contributed by atoms with Crippen molar-refractivity contribution in [2.24, 2.45) is 0 Å². The van der Waals surface area contributed by atoms with E-state index in [4.69, 9.17) is 9.84 Å². The number of hydrogen-bond donors (Lipinski definition) is 4. The topological polar surface area (TPSA) is 107 Å². The molecule has 0 aromatic heterocycles. The van der Waals surface area contributed by atoms with Crippen LogP contribution in [-0.2, 0) is 9.53 Å². The van der Waals surface area contributed by atoms with Crippen LogP contribution in [0.15, 0.2) is 12.2 Å². The molecule has 1 fully saturated rings. The van der Waals surface area contributed by atoms with Crippen molar-refractivity contribution in [2.45, 2.75) is 82.4 Å². The minimum atomic E-state index is -1.43. The molecule has 0 aliphatic carbocycles. The maximum atomic E-state index is 11.9. The predicted molar refractivity (Wildman–Crippen MR) is 85.9 cm³/mol. The van der Waals surface area contributed by atoms with Gasteiger partial charge < -0.3 is 25.2 Å². The summed E-state index contributed by atoms with van der Waals surface area (Å²) in [6.07, 6.45) is 3.83. The van der Waals surface area contributed by atoms with E-state index in [1.54, 1.807) is 0 Å². The number of ketones is 1. The molecule has 1 heterocycles. The van der Waals surface area contributed by atoms with E-state index in [1.165, 1.54) is 25.3 Å². The third kappa shape index (κ3) is 6.69. The standard InChI is InChI=1S/C17H30O6/c1-2-3-4-5-6-7-8-9-12(19)10-13-15(20)17(22)16(21)14(11-18)23-13/h8-9,13-18,20-22H,2-7,10-11H2,1H3/t13-,14?,15?,16+,17+/m0/s1. The Kier molecular flexibility index (Phi) is 9.59. The second kappa shape index (κ2) is 10.9. The summed E-state index contributed by atoms with van der Waals surface area (Å²) < 4.78 is 5.31. The Morgan fingerprint density at radius 2 is 1.65 bits per heavy atom. The van der Waals surface area contributed by atoms with Crippen LogP contribution in [0, 0.1) is 0 Å². The Morgan fingerprint density at radius 3 is 2.30 bits per heavy atom. The average molecular weight is 330 g/mol. The highest BCUT2D eigenvalue weighted by Gasteiger charge is 2.43. The lowest BCUT2D eigenvalue weighted by Gasteiger charge is -2.39. The van der Waals surface area contributed by atoms with Crippen molar-refractivity contribution >= 4 is 5.78 Å². The molecule has 6 nitrogen and oxygen atoms in total. The van der Waals surface area contributed by atoms with Gasteiger partial charge in [0.15, 0.2) is 5.78 Å². The molecule has 0 bridgehead atoms. The van der Waals surface area contributed by atoms with Gasteiger partial charge in [0.1, 0.15) is 24.4 Å². The maximum Gasteiger partial charge on any atom is 0.158 e. The van der Waals surface area contributed by atoms with Crippen LogP contribution >= 0.6 is 0 Å². The second-order valence-electron chi connectivity index (χ2n) is 6.14. The van der Waals surface area contributed by atoms with Crippen LogP contribution in [0.1, 0.15) is 51.9 Å². The Morgan fingerprint density at radius 1 is 1.00 bits per heavy atom. The minimum Gasteiger partial charge on any atom is -0.394 e. The zero-order valence-electron chi connectivity index (χ0n) is 13.8. The van der Waals surface area contributed by atoms with Gasteiger partial charge in [-0.05, 0) is 18.9 Å². The molecule has 0 saturated carbocycles. The summed E-state index contributed by atoms with van der Waals surface area (Å²) in [6, 6.07) is 0. The van der Waals surface area contributed by atoms with Crippen molar-refractivity contribution < 1.29 is 30.0 Å². The SMILES string of the molecule is CCCCCCCC=CC(=O)C[C@@H]1OC(CO)[C@@H](O)[C@H](O)C1O. The summed E-state index contributed by atoms with van der Waals surface area (Å²) in [6.45, 7) is 1.68. The third-order valence-electron chi connectivity index (χ3n) is 4.17. The van der Waals surface area contributed by atoms with Gasteiger partial charge >= 0.3 is 0 Å². The number of aliphatic hydroxyl groups is 4. The maximum absolute atomic E-state index is 11.9. The van der Waals surface area contributed by atoms with Gasteiger partial charge in [-0.2, -0.15) is 0 Å². The van der Waals surface area contributed by atoms with E-state index in [2.05, 4.69) is 6.92 Å². The Bertz CT molecular complexity index is 368. The number of unbranched alkanes of at least 4 members (excludes halogenated alkanes) is 5. The predicted octanol–water partition coefficient (Wildman–Crippen LogP) is 0.705. The fraction of sp³-hybridized carbons (Fsp3) is 0.824. The Balaban J connectivity index is 2.35. The summed E-state index contributed by atoms with van der Waals surface area (Å²) in [5.74, 6) is -0.206. The molecule has 6 heteroatoms. The van der Waals surface area contributed by atoms with E-state index in [1.807, 2.05) is 6.08 Å². The number of rotatable bonds is 10. The quantitative estimate of drug-likeness (QED) is 0.347. The van der Waals surface area contributed by atoms with Crippen LogP contribution in [0.5, 0.6) is 0 Å². The number of hydrogen-bond acceptors (Lipinski definition) is 6. The van der Waals surface area contributed by atoms with Crippen molar-refractivity contribution in [2.75, 3.05) is 6.61 Å². The van der Waals surface area contributed by atoms with Gasteiger partial charge in [0.05, 0.1) is 12.7 Å². The van der Waals surface area contributed by atoms with E-state index in [0.29, 0.717) is 0 Å². The molecule has 0 amide bonds. The first-order valence-corrected chi connectivity index (χ1v) is 8.51. The lowest BCUT2D eigenvalue weighted by Crippen LogP contribution is -2.58. The van der Waals surface area contributed by atoms with E-state index in [0.717, 1.165) is 19.3 Å². The van der Waals surface area contributed by atoms with E-state index < -0.39 is 37.1 Å². The van der Waals surface area contributed by atoms with E-state index >= 15 is 0 Å². The molecule has 1 aliphatic heterocycles. The van der Waals surface area contributed by atoms with Crippen LogP contribution in [0.4, 0.5) is 0 Å². The summed E-state index contributed by atoms with van der Waals surface area (Å²) in [7, 11) is 0. The van der Waals surface area contributed by atoms with Gasteiger partial charge in [-0.1, -0.05) is 38.7 Å². The Hall–Kier alpha value is -0.790. The molecule has 1 aliphatic rings. The zero-order chi connectivity index (χ0) is 17.2. The molecular formula is C17H30O6. The fourth-order valence-corrected chi connectivity index (χ4v) is 2.69. The van der Waals surface area contributed by atoms with Gasteiger partial charge in [0.25, 0.3) is 0 Å². The van der Waals surface area contributed by atoms with Crippen molar-refractivity contribution in [1.82, 2.24) is 0 Å². The number of aliphatic hydroxyl groups excluding tert-OH is 4. The van der Waals surface area contributed by atoms with Crippen molar-refractivity contribution in [3.05, 3.63) is 12.2 Å². The van der Waals surface area contributed by atoms with Crippen LogP contribution in [0.25, 0.3) is 0 Å². The Labute approximate surface area is 137 Å². The average Bonchev–Trinajstić information content (AvgIpc) is 2.54. The molecule has 23 heavy (non-hydrogen) atoms. The monoisotopic (exact) mass is 330 g/mol. The molecule has 0 aromatic carbocycles. The fourth-order valence-electron chi connectivity index (χ4n) is 2.69. The molecule has 1 rings (SSSR count). The number of carbonyl (C=O) groups excluding carboxylic acids is 1. The first-order chi connectivity index (χ1) is 11.0. The lowest BCUT2D eigenvalue weighted by atomic mass is 9.92. The normalized spacial score (nSPS) is 31.6. The highest BCUT2D eigenvalue weighted by atomic mass is 16.5. The molecule has 0 spiro atoms. The minimum absolute atomic E-state index is 0.0895. The number of ether oxygens (including phenoxy) is 1. The van der Waals surface area contributed by atoms with Crippen molar-refractivity contribution in [3.63, 3.8) is 0 Å². The number of allylic oxidation sites excluding steroid dienone is 2. The summed E-state index contributed by atoms with van der Waals surface area (Å²) in [5, 5.41) is 38.3. The molecule has 0 aromatic rings. The summed E-state index contributed by atoms with van der Waals surface area (Å²) in [5.41, 5.74) is 0. The van der Waals surface area contributed by atoms with Gasteiger partial charge in [-0.15, -0.1) is 0 Å². The molecule has 5 atom stereocenters. The summed E-state index contributed by atoms with van der Waals surface area (Å²) in [4.78, 5) is 11.9. The molecule has 0 radical (unpaired) electrons. The molecule has 1 saturated heterocycles. The smallest absolute Gasteiger partial charge is 0.158 e. The zero-order valence-corrected chi connectivity index (χ0v) is 13.8. The second-order valence-corrected chi connectivity index (χ2v) is 6.14. The molecule has 134 valence electrons.